The van der Waals surface area contributed by atoms with Gasteiger partial charge in [0.15, 0.2) is 0 Å². The third-order valence-electron chi connectivity index (χ3n) is 5.16. The SMILES string of the molecule is Cc1ccc(C(=O)Nc2nnc(S(=O)(=O)Nc3ccc(N4CCN(C)CC4)cc3)s2)cc1. The lowest BCUT2D eigenvalue weighted by Gasteiger charge is -2.34. The van der Waals surface area contributed by atoms with E-state index in [2.05, 4.69) is 37.1 Å². The molecule has 4 rings (SSSR count). The van der Waals surface area contributed by atoms with E-state index in [0.717, 1.165) is 48.8 Å². The highest BCUT2D eigenvalue weighted by atomic mass is 32.2. The summed E-state index contributed by atoms with van der Waals surface area (Å²) >= 11 is 0.794. The molecule has 168 valence electrons. The largest absolute Gasteiger partial charge is 0.369 e. The standard InChI is InChI=1S/C21H24N6O3S2/c1-15-3-5-16(6-4-15)19(28)22-20-23-24-21(31-20)32(29,30)25-17-7-9-18(10-8-17)27-13-11-26(2)12-14-27/h3-10,25H,11-14H2,1-2H3,(H,22,23,28). The number of hydrogen-bond acceptors (Lipinski definition) is 8. The number of sulfonamides is 1. The third kappa shape index (κ3) is 5.23. The van der Waals surface area contributed by atoms with Gasteiger partial charge in [0.2, 0.25) is 5.13 Å². The van der Waals surface area contributed by atoms with Crippen LogP contribution in [0.1, 0.15) is 15.9 Å². The Morgan fingerprint density at radius 2 is 1.62 bits per heavy atom. The lowest BCUT2D eigenvalue weighted by Crippen LogP contribution is -2.44. The molecule has 0 radical (unpaired) electrons. The zero-order valence-electron chi connectivity index (χ0n) is 17.8. The minimum Gasteiger partial charge on any atom is -0.369 e. The monoisotopic (exact) mass is 472 g/mol. The van der Waals surface area contributed by atoms with Crippen LogP contribution in [0.5, 0.6) is 0 Å². The van der Waals surface area contributed by atoms with E-state index in [1.54, 1.807) is 24.3 Å². The maximum atomic E-state index is 12.7. The molecule has 1 aliphatic rings. The van der Waals surface area contributed by atoms with Gasteiger partial charge >= 0.3 is 0 Å². The third-order valence-corrected chi connectivity index (χ3v) is 7.75. The zero-order chi connectivity index (χ0) is 22.7. The molecule has 2 aromatic carbocycles. The fourth-order valence-electron chi connectivity index (χ4n) is 3.25. The number of carbonyl (C=O) groups is 1. The highest BCUT2D eigenvalue weighted by molar-refractivity contribution is 7.94. The van der Waals surface area contributed by atoms with E-state index in [4.69, 9.17) is 0 Å². The molecule has 0 saturated carbocycles. The number of nitrogens with zero attached hydrogens (tertiary/aromatic N) is 4. The van der Waals surface area contributed by atoms with Gasteiger partial charge in [0.05, 0.1) is 0 Å². The normalized spacial score (nSPS) is 14.9. The maximum Gasteiger partial charge on any atom is 0.291 e. The smallest absolute Gasteiger partial charge is 0.291 e. The maximum absolute atomic E-state index is 12.7. The zero-order valence-corrected chi connectivity index (χ0v) is 19.4. The van der Waals surface area contributed by atoms with Gasteiger partial charge in [0, 0.05) is 43.1 Å². The summed E-state index contributed by atoms with van der Waals surface area (Å²) < 4.78 is 27.7. The van der Waals surface area contributed by atoms with Gasteiger partial charge in [-0.25, -0.2) is 0 Å². The van der Waals surface area contributed by atoms with Crippen molar-refractivity contribution >= 4 is 43.8 Å². The van der Waals surface area contributed by atoms with Crippen LogP contribution in [0.4, 0.5) is 16.5 Å². The lowest BCUT2D eigenvalue weighted by molar-refractivity contribution is 0.102. The molecule has 0 unspecified atom stereocenters. The molecule has 32 heavy (non-hydrogen) atoms. The first-order valence-electron chi connectivity index (χ1n) is 10.1. The van der Waals surface area contributed by atoms with Crippen LogP contribution in [0.3, 0.4) is 0 Å². The van der Waals surface area contributed by atoms with Gasteiger partial charge in [-0.05, 0) is 50.4 Å². The Bertz CT molecular complexity index is 1190. The van der Waals surface area contributed by atoms with Gasteiger partial charge in [0.1, 0.15) is 0 Å². The van der Waals surface area contributed by atoms with Gasteiger partial charge < -0.3 is 9.80 Å². The fourth-order valence-corrected chi connectivity index (χ4v) is 5.20. The first-order chi connectivity index (χ1) is 15.3. The van der Waals surface area contributed by atoms with E-state index in [9.17, 15) is 13.2 Å². The molecule has 0 bridgehead atoms. The summed E-state index contributed by atoms with van der Waals surface area (Å²) in [5.74, 6) is -0.377. The molecule has 1 aliphatic heterocycles. The summed E-state index contributed by atoms with van der Waals surface area (Å²) in [7, 11) is -1.82. The molecular weight excluding hydrogens is 448 g/mol. The molecule has 11 heteroatoms. The van der Waals surface area contributed by atoms with Gasteiger partial charge in [-0.1, -0.05) is 29.0 Å². The molecule has 1 aromatic heterocycles. The van der Waals surface area contributed by atoms with Crippen molar-refractivity contribution in [3.8, 4) is 0 Å². The van der Waals surface area contributed by atoms with E-state index >= 15 is 0 Å². The summed E-state index contributed by atoms with van der Waals surface area (Å²) in [6, 6.07) is 14.3. The Balaban J connectivity index is 1.40. The Kier molecular flexibility index (Phi) is 6.40. The predicted molar refractivity (Wildman–Crippen MR) is 126 cm³/mol. The average Bonchev–Trinajstić information content (AvgIpc) is 3.25. The Labute approximate surface area is 191 Å². The van der Waals surface area contributed by atoms with Crippen LogP contribution >= 0.6 is 11.3 Å². The van der Waals surface area contributed by atoms with Crippen LogP contribution in [-0.4, -0.2) is 62.6 Å². The minimum absolute atomic E-state index is 0.112. The van der Waals surface area contributed by atoms with Crippen LogP contribution < -0.4 is 14.9 Å². The van der Waals surface area contributed by atoms with E-state index in [1.165, 1.54) is 0 Å². The van der Waals surface area contributed by atoms with Crippen LogP contribution in [0.15, 0.2) is 52.9 Å². The molecular formula is C21H24N6O3S2. The number of piperazine rings is 1. The first-order valence-corrected chi connectivity index (χ1v) is 12.4. The van der Waals surface area contributed by atoms with E-state index < -0.39 is 10.0 Å². The van der Waals surface area contributed by atoms with Gasteiger partial charge in [-0.3, -0.25) is 14.8 Å². The Morgan fingerprint density at radius 1 is 0.969 bits per heavy atom. The average molecular weight is 473 g/mol. The van der Waals surface area contributed by atoms with Crippen LogP contribution in [0, 0.1) is 6.92 Å². The van der Waals surface area contributed by atoms with Gasteiger partial charge in [-0.15, -0.1) is 10.2 Å². The molecule has 9 nitrogen and oxygen atoms in total. The van der Waals surface area contributed by atoms with Crippen LogP contribution in [-0.2, 0) is 10.0 Å². The fraction of sp³-hybridized carbons (Fsp3) is 0.286. The molecule has 0 spiro atoms. The Hall–Kier alpha value is -3.02. The lowest BCUT2D eigenvalue weighted by atomic mass is 10.1. The second-order valence-corrected chi connectivity index (χ2v) is 10.5. The number of benzene rings is 2. The molecule has 2 N–H and O–H groups in total. The number of hydrogen-bond donors (Lipinski definition) is 2. The second kappa shape index (κ2) is 9.23. The summed E-state index contributed by atoms with van der Waals surface area (Å²) in [4.78, 5) is 16.9. The molecule has 2 heterocycles. The van der Waals surface area contributed by atoms with Crippen molar-refractivity contribution in [3.63, 3.8) is 0 Å². The molecule has 0 aliphatic carbocycles. The quantitative estimate of drug-likeness (QED) is 0.531. The summed E-state index contributed by atoms with van der Waals surface area (Å²) in [5.41, 5.74) is 2.98. The predicted octanol–water partition coefficient (Wildman–Crippen LogP) is 2.65. The van der Waals surface area contributed by atoms with E-state index in [0.29, 0.717) is 11.3 Å². The van der Waals surface area contributed by atoms with Crippen LogP contribution in [0.25, 0.3) is 0 Å². The number of amides is 1. The number of rotatable bonds is 6. The van der Waals surface area contributed by atoms with E-state index in [-0.39, 0.29) is 15.4 Å². The second-order valence-electron chi connectivity index (χ2n) is 7.64. The van der Waals surface area contributed by atoms with E-state index in [1.807, 2.05) is 31.2 Å². The molecule has 1 fully saturated rings. The summed E-state index contributed by atoms with van der Waals surface area (Å²) in [6.07, 6.45) is 0. The van der Waals surface area contributed by atoms with Crippen molar-refractivity contribution in [2.75, 3.05) is 48.2 Å². The molecule has 1 saturated heterocycles. The number of anilines is 3. The van der Waals surface area contributed by atoms with Crippen LogP contribution in [0.2, 0.25) is 0 Å². The Morgan fingerprint density at radius 3 is 2.28 bits per heavy atom. The number of carbonyl (C=O) groups excluding carboxylic acids is 1. The first kappa shape index (κ1) is 22.2. The van der Waals surface area contributed by atoms with Crippen molar-refractivity contribution in [2.45, 2.75) is 11.3 Å². The summed E-state index contributed by atoms with van der Waals surface area (Å²) in [5, 5.41) is 10.2. The van der Waals surface area contributed by atoms with Crippen molar-refractivity contribution in [2.24, 2.45) is 0 Å². The molecule has 0 atom stereocenters. The van der Waals surface area contributed by atoms with Crippen molar-refractivity contribution < 1.29 is 13.2 Å². The number of nitrogens with one attached hydrogen (secondary N) is 2. The van der Waals surface area contributed by atoms with Gasteiger partial charge in [-0.2, -0.15) is 8.42 Å². The highest BCUT2D eigenvalue weighted by Crippen LogP contribution is 2.25. The van der Waals surface area contributed by atoms with Crippen molar-refractivity contribution in [1.29, 1.82) is 0 Å². The van der Waals surface area contributed by atoms with Crippen molar-refractivity contribution in [3.05, 3.63) is 59.7 Å². The highest BCUT2D eigenvalue weighted by Gasteiger charge is 2.22. The van der Waals surface area contributed by atoms with Gasteiger partial charge in [0.25, 0.3) is 20.3 Å². The molecule has 1 amide bonds. The summed E-state index contributed by atoms with van der Waals surface area (Å²) in [6.45, 7) is 5.78. The molecule has 3 aromatic rings. The topological polar surface area (TPSA) is 108 Å². The number of likely N-dealkylation sites (N-methyl/N-ethyl adjacent to an activating group) is 1. The minimum atomic E-state index is -3.92. The number of aryl methyl sites for hydroxylation is 1. The van der Waals surface area contributed by atoms with Crippen molar-refractivity contribution in [1.82, 2.24) is 15.1 Å². The number of aromatic nitrogens is 2.